The van der Waals surface area contributed by atoms with Crippen LogP contribution in [0.4, 0.5) is 0 Å². The molecule has 1 amide bonds. The number of aromatic hydroxyl groups is 1. The average molecular weight is 257 g/mol. The summed E-state index contributed by atoms with van der Waals surface area (Å²) >= 11 is 0. The second kappa shape index (κ2) is 5.86. The monoisotopic (exact) mass is 257 g/mol. The Morgan fingerprint density at radius 3 is 3.05 bits per heavy atom. The van der Waals surface area contributed by atoms with Crippen LogP contribution in [-0.4, -0.2) is 21.0 Å². The predicted octanol–water partition coefficient (Wildman–Crippen LogP) is 2.01. The lowest BCUT2D eigenvalue weighted by Gasteiger charge is -2.12. The van der Waals surface area contributed by atoms with E-state index in [1.807, 2.05) is 13.0 Å². The molecule has 5 heteroatoms. The van der Waals surface area contributed by atoms with Crippen molar-refractivity contribution in [2.45, 2.75) is 13.0 Å². The second-order valence-electron chi connectivity index (χ2n) is 4.17. The van der Waals surface area contributed by atoms with E-state index >= 15 is 0 Å². The number of nitrogens with zero attached hydrogens (tertiary/aromatic N) is 1. The molecule has 0 unspecified atom stereocenters. The third kappa shape index (κ3) is 3.70. The summed E-state index contributed by atoms with van der Waals surface area (Å²) in [6.07, 6.45) is 6.26. The molecule has 0 aliphatic rings. The third-order valence-electron chi connectivity index (χ3n) is 2.66. The van der Waals surface area contributed by atoms with Crippen molar-refractivity contribution in [3.05, 3.63) is 54.1 Å². The van der Waals surface area contributed by atoms with Gasteiger partial charge in [0.25, 0.3) is 0 Å². The smallest absolute Gasteiger partial charge is 0.244 e. The summed E-state index contributed by atoms with van der Waals surface area (Å²) in [7, 11) is 0. The number of aromatic nitrogens is 2. The Hall–Kier alpha value is -2.56. The van der Waals surface area contributed by atoms with Crippen molar-refractivity contribution in [2.75, 3.05) is 0 Å². The molecule has 2 aromatic rings. The number of phenols is 1. The molecule has 98 valence electrons. The SMILES string of the molecule is C[C@H](NC(=O)/C=C/c1cnc[nH]1)c1cccc(O)c1. The summed E-state index contributed by atoms with van der Waals surface area (Å²) in [5.41, 5.74) is 1.61. The van der Waals surface area contributed by atoms with E-state index in [4.69, 9.17) is 0 Å². The summed E-state index contributed by atoms with van der Waals surface area (Å²) in [6, 6.07) is 6.64. The summed E-state index contributed by atoms with van der Waals surface area (Å²) in [5.74, 6) is -0.0166. The number of amides is 1. The zero-order valence-electron chi connectivity index (χ0n) is 10.5. The highest BCUT2D eigenvalue weighted by molar-refractivity contribution is 5.91. The fourth-order valence-corrected chi connectivity index (χ4v) is 1.66. The van der Waals surface area contributed by atoms with Crippen LogP contribution >= 0.6 is 0 Å². The van der Waals surface area contributed by atoms with Crippen molar-refractivity contribution >= 4 is 12.0 Å². The van der Waals surface area contributed by atoms with Crippen molar-refractivity contribution in [3.63, 3.8) is 0 Å². The fourth-order valence-electron chi connectivity index (χ4n) is 1.66. The van der Waals surface area contributed by atoms with Crippen LogP contribution in [0.25, 0.3) is 6.08 Å². The lowest BCUT2D eigenvalue weighted by molar-refractivity contribution is -0.117. The molecule has 0 radical (unpaired) electrons. The van der Waals surface area contributed by atoms with E-state index in [1.54, 1.807) is 36.8 Å². The molecule has 2 rings (SSSR count). The first-order valence-electron chi connectivity index (χ1n) is 5.91. The Bertz CT molecular complexity index is 576. The molecule has 0 fully saturated rings. The van der Waals surface area contributed by atoms with Crippen molar-refractivity contribution in [3.8, 4) is 5.75 Å². The number of hydrogen-bond acceptors (Lipinski definition) is 3. The van der Waals surface area contributed by atoms with E-state index in [-0.39, 0.29) is 17.7 Å². The maximum absolute atomic E-state index is 11.7. The fraction of sp³-hybridized carbons (Fsp3) is 0.143. The first kappa shape index (κ1) is 12.9. The molecule has 5 nitrogen and oxygen atoms in total. The largest absolute Gasteiger partial charge is 0.508 e. The Morgan fingerprint density at radius 1 is 1.53 bits per heavy atom. The Labute approximate surface area is 111 Å². The van der Waals surface area contributed by atoms with Gasteiger partial charge in [0.15, 0.2) is 0 Å². The van der Waals surface area contributed by atoms with Gasteiger partial charge in [0, 0.05) is 6.08 Å². The Balaban J connectivity index is 1.95. The molecule has 0 aliphatic carbocycles. The number of carbonyl (C=O) groups excluding carboxylic acids is 1. The Kier molecular flexibility index (Phi) is 3.97. The molecule has 1 atom stereocenters. The van der Waals surface area contributed by atoms with Gasteiger partial charge in [0.2, 0.25) is 5.91 Å². The molecule has 19 heavy (non-hydrogen) atoms. The molecular formula is C14H15N3O2. The number of hydrogen-bond donors (Lipinski definition) is 3. The van der Waals surface area contributed by atoms with Gasteiger partial charge in [-0.25, -0.2) is 4.98 Å². The van der Waals surface area contributed by atoms with Crippen LogP contribution in [0.5, 0.6) is 5.75 Å². The number of benzene rings is 1. The lowest BCUT2D eigenvalue weighted by atomic mass is 10.1. The van der Waals surface area contributed by atoms with E-state index in [0.717, 1.165) is 11.3 Å². The minimum atomic E-state index is -0.203. The number of carbonyl (C=O) groups is 1. The number of H-pyrrole nitrogens is 1. The van der Waals surface area contributed by atoms with Gasteiger partial charge in [-0.05, 0) is 30.7 Å². The van der Waals surface area contributed by atoms with Gasteiger partial charge in [-0.1, -0.05) is 12.1 Å². The van der Waals surface area contributed by atoms with E-state index in [0.29, 0.717) is 0 Å². The Morgan fingerprint density at radius 2 is 2.37 bits per heavy atom. The number of rotatable bonds is 4. The molecule has 3 N–H and O–H groups in total. The molecule has 1 aromatic heterocycles. The van der Waals surface area contributed by atoms with Crippen LogP contribution in [0.15, 0.2) is 42.9 Å². The number of imidazole rings is 1. The van der Waals surface area contributed by atoms with E-state index in [1.165, 1.54) is 6.08 Å². The van der Waals surface area contributed by atoms with Crippen molar-refractivity contribution in [1.82, 2.24) is 15.3 Å². The highest BCUT2D eigenvalue weighted by atomic mass is 16.3. The van der Waals surface area contributed by atoms with E-state index in [2.05, 4.69) is 15.3 Å². The third-order valence-corrected chi connectivity index (χ3v) is 2.66. The topological polar surface area (TPSA) is 78.0 Å². The zero-order chi connectivity index (χ0) is 13.7. The van der Waals surface area contributed by atoms with Gasteiger partial charge in [0.1, 0.15) is 5.75 Å². The van der Waals surface area contributed by atoms with E-state index < -0.39 is 0 Å². The van der Waals surface area contributed by atoms with Gasteiger partial charge in [0.05, 0.1) is 24.3 Å². The highest BCUT2D eigenvalue weighted by Crippen LogP contribution is 2.17. The summed E-state index contributed by atoms with van der Waals surface area (Å²) < 4.78 is 0. The van der Waals surface area contributed by atoms with Crippen LogP contribution in [0.2, 0.25) is 0 Å². The van der Waals surface area contributed by atoms with Crippen LogP contribution in [0.3, 0.4) is 0 Å². The van der Waals surface area contributed by atoms with Gasteiger partial charge >= 0.3 is 0 Å². The number of nitrogens with one attached hydrogen (secondary N) is 2. The lowest BCUT2D eigenvalue weighted by Crippen LogP contribution is -2.24. The maximum Gasteiger partial charge on any atom is 0.244 e. The van der Waals surface area contributed by atoms with Crippen LogP contribution in [0.1, 0.15) is 24.2 Å². The summed E-state index contributed by atoms with van der Waals surface area (Å²) in [5, 5.41) is 12.2. The van der Waals surface area contributed by atoms with Crippen molar-refractivity contribution in [2.24, 2.45) is 0 Å². The number of phenolic OH excluding ortho intramolecular Hbond substituents is 1. The van der Waals surface area contributed by atoms with Crippen molar-refractivity contribution in [1.29, 1.82) is 0 Å². The van der Waals surface area contributed by atoms with Crippen molar-refractivity contribution < 1.29 is 9.90 Å². The molecule has 1 heterocycles. The maximum atomic E-state index is 11.7. The van der Waals surface area contributed by atoms with Crippen LogP contribution in [0, 0.1) is 0 Å². The van der Waals surface area contributed by atoms with Crippen LogP contribution < -0.4 is 5.32 Å². The quantitative estimate of drug-likeness (QED) is 0.733. The second-order valence-corrected chi connectivity index (χ2v) is 4.17. The van der Waals surface area contributed by atoms with Gasteiger partial charge in [-0.3, -0.25) is 4.79 Å². The minimum Gasteiger partial charge on any atom is -0.508 e. The molecule has 0 saturated carbocycles. The standard InChI is InChI=1S/C14H15N3O2/c1-10(11-3-2-4-13(18)7-11)17-14(19)6-5-12-8-15-9-16-12/h2-10,18H,1H3,(H,15,16)(H,17,19)/b6-5+/t10-/m0/s1. The molecule has 0 aliphatic heterocycles. The summed E-state index contributed by atoms with van der Waals surface area (Å²) in [4.78, 5) is 18.4. The summed E-state index contributed by atoms with van der Waals surface area (Å²) in [6.45, 7) is 1.86. The molecular weight excluding hydrogens is 242 g/mol. The minimum absolute atomic E-state index is 0.175. The first-order valence-corrected chi connectivity index (χ1v) is 5.91. The van der Waals surface area contributed by atoms with Crippen LogP contribution in [-0.2, 0) is 4.79 Å². The van der Waals surface area contributed by atoms with E-state index in [9.17, 15) is 9.90 Å². The molecule has 0 saturated heterocycles. The van der Waals surface area contributed by atoms with Gasteiger partial charge in [-0.15, -0.1) is 0 Å². The normalized spacial score (nSPS) is 12.5. The average Bonchev–Trinajstić information content (AvgIpc) is 2.89. The molecule has 1 aromatic carbocycles. The highest BCUT2D eigenvalue weighted by Gasteiger charge is 2.07. The number of aromatic amines is 1. The molecule has 0 bridgehead atoms. The van der Waals surface area contributed by atoms with Gasteiger partial charge in [-0.2, -0.15) is 0 Å². The predicted molar refractivity (Wildman–Crippen MR) is 72.3 cm³/mol. The first-order chi connectivity index (χ1) is 9.15. The van der Waals surface area contributed by atoms with Gasteiger partial charge < -0.3 is 15.4 Å². The molecule has 0 spiro atoms. The zero-order valence-corrected chi connectivity index (χ0v) is 10.5.